The topological polar surface area (TPSA) is 58.9 Å². The van der Waals surface area contributed by atoms with Gasteiger partial charge < -0.3 is 15.0 Å². The summed E-state index contributed by atoms with van der Waals surface area (Å²) in [6.45, 7) is 4.98. The van der Waals surface area contributed by atoms with Gasteiger partial charge in [-0.15, -0.1) is 0 Å². The molecule has 3 heterocycles. The monoisotopic (exact) mass is 350 g/mol. The number of pyridine rings is 1. The number of rotatable bonds is 3. The van der Waals surface area contributed by atoms with Crippen molar-refractivity contribution >= 4 is 11.3 Å². The fraction of sp³-hybridized carbons (Fsp3) is 0.300. The number of nitrogens with one attached hydrogen (secondary N) is 1. The van der Waals surface area contributed by atoms with Gasteiger partial charge in [-0.3, -0.25) is 9.20 Å². The van der Waals surface area contributed by atoms with E-state index < -0.39 is 0 Å². The number of hydrogen-bond donors (Lipinski definition) is 1. The van der Waals surface area contributed by atoms with E-state index in [0.29, 0.717) is 17.4 Å². The van der Waals surface area contributed by atoms with Crippen molar-refractivity contribution in [2.75, 3.05) is 31.6 Å². The number of anilines is 1. The minimum absolute atomic E-state index is 0.0779. The van der Waals surface area contributed by atoms with Gasteiger partial charge in [0.2, 0.25) is 0 Å². The maximum absolute atomic E-state index is 12.7. The molecule has 0 amide bonds. The molecular weight excluding hydrogens is 328 g/mol. The fourth-order valence-corrected chi connectivity index (χ4v) is 3.36. The van der Waals surface area contributed by atoms with E-state index in [9.17, 15) is 4.79 Å². The maximum atomic E-state index is 12.7. The van der Waals surface area contributed by atoms with E-state index in [1.807, 2.05) is 42.6 Å². The van der Waals surface area contributed by atoms with Gasteiger partial charge >= 0.3 is 0 Å². The maximum Gasteiger partial charge on any atom is 0.258 e. The normalized spacial score (nSPS) is 17.5. The second-order valence-electron chi connectivity index (χ2n) is 6.62. The molecule has 0 bridgehead atoms. The zero-order chi connectivity index (χ0) is 18.1. The number of nitrogens with zero attached hydrogens (tertiary/aromatic N) is 3. The number of hydrogen-bond acceptors (Lipinski definition) is 5. The third-order valence-corrected chi connectivity index (χ3v) is 4.76. The molecule has 3 aromatic rings. The Morgan fingerprint density at radius 3 is 2.73 bits per heavy atom. The van der Waals surface area contributed by atoms with E-state index in [1.165, 1.54) is 0 Å². The summed E-state index contributed by atoms with van der Waals surface area (Å²) in [6, 6.07) is 13.5. The van der Waals surface area contributed by atoms with Gasteiger partial charge in [-0.1, -0.05) is 0 Å². The third-order valence-electron chi connectivity index (χ3n) is 4.76. The lowest BCUT2D eigenvalue weighted by molar-refractivity contribution is 0.415. The molecule has 0 aliphatic carbocycles. The van der Waals surface area contributed by atoms with E-state index >= 15 is 0 Å². The van der Waals surface area contributed by atoms with Gasteiger partial charge in [-0.25, -0.2) is 4.98 Å². The Bertz CT molecular complexity index is 981. The largest absolute Gasteiger partial charge is 0.497 e. The quantitative estimate of drug-likeness (QED) is 0.784. The first kappa shape index (κ1) is 16.6. The van der Waals surface area contributed by atoms with E-state index in [0.717, 1.165) is 36.6 Å². The first-order chi connectivity index (χ1) is 12.6. The van der Waals surface area contributed by atoms with Gasteiger partial charge in [0.15, 0.2) is 0 Å². The van der Waals surface area contributed by atoms with Crippen molar-refractivity contribution in [3.05, 3.63) is 59.0 Å². The molecule has 1 aliphatic rings. The summed E-state index contributed by atoms with van der Waals surface area (Å²) in [7, 11) is 1.63. The first-order valence-corrected chi connectivity index (χ1v) is 8.80. The Hall–Kier alpha value is -2.86. The molecule has 0 radical (unpaired) electrons. The standard InChI is InChI=1S/C20H22N4O2/c1-14-12-23(10-9-21-14)16-5-8-19-22-18(11-20(25)24(19)13-16)15-3-6-17(26-2)7-4-15/h3-8,11,13-14,21H,9-10,12H2,1-2H3. The smallest absolute Gasteiger partial charge is 0.258 e. The molecular formula is C20H22N4O2. The molecule has 2 aromatic heterocycles. The molecule has 1 atom stereocenters. The lowest BCUT2D eigenvalue weighted by atomic mass is 10.1. The van der Waals surface area contributed by atoms with Crippen LogP contribution < -0.4 is 20.5 Å². The highest BCUT2D eigenvalue weighted by Gasteiger charge is 2.16. The van der Waals surface area contributed by atoms with Crippen molar-refractivity contribution < 1.29 is 4.74 Å². The molecule has 1 aliphatic heterocycles. The molecule has 1 fully saturated rings. The van der Waals surface area contributed by atoms with Crippen molar-refractivity contribution in [2.45, 2.75) is 13.0 Å². The summed E-state index contributed by atoms with van der Waals surface area (Å²) < 4.78 is 6.80. The van der Waals surface area contributed by atoms with Crippen LogP contribution in [0.1, 0.15) is 6.92 Å². The zero-order valence-corrected chi connectivity index (χ0v) is 15.0. The Morgan fingerprint density at radius 2 is 2.00 bits per heavy atom. The van der Waals surface area contributed by atoms with Crippen LogP contribution in [-0.4, -0.2) is 42.2 Å². The molecule has 4 rings (SSSR count). The summed E-state index contributed by atoms with van der Waals surface area (Å²) in [4.78, 5) is 19.6. The molecule has 6 nitrogen and oxygen atoms in total. The molecule has 26 heavy (non-hydrogen) atoms. The van der Waals surface area contributed by atoms with Gasteiger partial charge in [-0.05, 0) is 43.3 Å². The fourth-order valence-electron chi connectivity index (χ4n) is 3.36. The van der Waals surface area contributed by atoms with Crippen molar-refractivity contribution in [1.29, 1.82) is 0 Å². The summed E-state index contributed by atoms with van der Waals surface area (Å²) in [5.74, 6) is 0.779. The molecule has 1 N–H and O–H groups in total. The van der Waals surface area contributed by atoms with Gasteiger partial charge in [-0.2, -0.15) is 0 Å². The number of ether oxygens (including phenoxy) is 1. The molecule has 134 valence electrons. The van der Waals surface area contributed by atoms with Crippen LogP contribution in [0.2, 0.25) is 0 Å². The summed E-state index contributed by atoms with van der Waals surface area (Å²) >= 11 is 0. The van der Waals surface area contributed by atoms with Crippen LogP contribution in [0.25, 0.3) is 16.9 Å². The zero-order valence-electron chi connectivity index (χ0n) is 15.0. The third kappa shape index (κ3) is 3.15. The van der Waals surface area contributed by atoms with Crippen LogP contribution in [-0.2, 0) is 0 Å². The number of piperazine rings is 1. The second kappa shape index (κ2) is 6.80. The summed E-state index contributed by atoms with van der Waals surface area (Å²) in [5.41, 5.74) is 3.18. The Labute approximate surface area is 152 Å². The number of benzene rings is 1. The highest BCUT2D eigenvalue weighted by Crippen LogP contribution is 2.21. The minimum atomic E-state index is -0.0779. The lowest BCUT2D eigenvalue weighted by Crippen LogP contribution is -2.49. The van der Waals surface area contributed by atoms with Gasteiger partial charge in [0.25, 0.3) is 5.56 Å². The molecule has 6 heteroatoms. The molecule has 1 aromatic carbocycles. The summed E-state index contributed by atoms with van der Waals surface area (Å²) in [6.07, 6.45) is 1.89. The van der Waals surface area contributed by atoms with Crippen LogP contribution in [0.3, 0.4) is 0 Å². The van der Waals surface area contributed by atoms with E-state index in [1.54, 1.807) is 17.6 Å². The summed E-state index contributed by atoms with van der Waals surface area (Å²) in [5, 5.41) is 3.43. The number of methoxy groups -OCH3 is 1. The number of aromatic nitrogens is 2. The van der Waals surface area contributed by atoms with Crippen molar-refractivity contribution in [2.24, 2.45) is 0 Å². The minimum Gasteiger partial charge on any atom is -0.497 e. The first-order valence-electron chi connectivity index (χ1n) is 8.80. The van der Waals surface area contributed by atoms with Crippen LogP contribution in [0.5, 0.6) is 5.75 Å². The van der Waals surface area contributed by atoms with E-state index in [-0.39, 0.29) is 5.56 Å². The Morgan fingerprint density at radius 1 is 1.19 bits per heavy atom. The van der Waals surface area contributed by atoms with Crippen molar-refractivity contribution in [1.82, 2.24) is 14.7 Å². The van der Waals surface area contributed by atoms with Gasteiger partial charge in [0.1, 0.15) is 11.4 Å². The van der Waals surface area contributed by atoms with Crippen molar-refractivity contribution in [3.63, 3.8) is 0 Å². The van der Waals surface area contributed by atoms with Crippen LogP contribution in [0.4, 0.5) is 5.69 Å². The van der Waals surface area contributed by atoms with Crippen LogP contribution >= 0.6 is 0 Å². The Kier molecular flexibility index (Phi) is 4.34. The molecule has 1 unspecified atom stereocenters. The SMILES string of the molecule is COc1ccc(-c2cc(=O)n3cc(N4CCNC(C)C4)ccc3n2)cc1. The highest BCUT2D eigenvalue weighted by molar-refractivity contribution is 5.63. The highest BCUT2D eigenvalue weighted by atomic mass is 16.5. The van der Waals surface area contributed by atoms with Gasteiger partial charge in [0, 0.05) is 43.5 Å². The predicted molar refractivity (Wildman–Crippen MR) is 103 cm³/mol. The average Bonchev–Trinajstić information content (AvgIpc) is 2.68. The lowest BCUT2D eigenvalue weighted by Gasteiger charge is -2.33. The average molecular weight is 350 g/mol. The molecule has 1 saturated heterocycles. The van der Waals surface area contributed by atoms with E-state index in [4.69, 9.17) is 4.74 Å². The molecule has 0 saturated carbocycles. The van der Waals surface area contributed by atoms with Crippen LogP contribution in [0.15, 0.2) is 53.5 Å². The second-order valence-corrected chi connectivity index (χ2v) is 6.62. The molecule has 0 spiro atoms. The van der Waals surface area contributed by atoms with Crippen LogP contribution in [0, 0.1) is 0 Å². The van der Waals surface area contributed by atoms with E-state index in [2.05, 4.69) is 22.1 Å². The Balaban J connectivity index is 1.71. The van der Waals surface area contributed by atoms with Crippen molar-refractivity contribution in [3.8, 4) is 17.0 Å². The predicted octanol–water partition coefficient (Wildman–Crippen LogP) is 2.17. The van der Waals surface area contributed by atoms with Gasteiger partial charge in [0.05, 0.1) is 18.5 Å². The number of fused-ring (bicyclic) bond motifs is 1.